The largest absolute Gasteiger partial charge is 0.349 e. The van der Waals surface area contributed by atoms with E-state index in [0.29, 0.717) is 12.0 Å². The first kappa shape index (κ1) is 14.2. The van der Waals surface area contributed by atoms with Crippen molar-refractivity contribution in [1.29, 1.82) is 0 Å². The number of hydrogen-bond acceptors (Lipinski definition) is 1. The van der Waals surface area contributed by atoms with Crippen molar-refractivity contribution in [2.45, 2.75) is 24.8 Å². The van der Waals surface area contributed by atoms with Gasteiger partial charge in [0.2, 0.25) is 0 Å². The second kappa shape index (κ2) is 5.83. The molecule has 1 aliphatic rings. The van der Waals surface area contributed by atoms with E-state index in [9.17, 15) is 0 Å². The van der Waals surface area contributed by atoms with Gasteiger partial charge in [-0.05, 0) is 30.4 Å². The van der Waals surface area contributed by atoms with E-state index in [0.717, 1.165) is 23.8 Å². The normalized spacial score (nSPS) is 21.5. The highest BCUT2D eigenvalue weighted by Gasteiger charge is 2.31. The highest BCUT2D eigenvalue weighted by Crippen LogP contribution is 2.41. The van der Waals surface area contributed by atoms with Gasteiger partial charge in [-0.2, -0.15) is 0 Å². The van der Waals surface area contributed by atoms with Gasteiger partial charge in [0.15, 0.2) is 5.96 Å². The van der Waals surface area contributed by atoms with Crippen molar-refractivity contribution < 1.29 is 0 Å². The zero-order valence-electron chi connectivity index (χ0n) is 12.1. The molecule has 1 aliphatic carbocycles. The molecule has 19 heavy (non-hydrogen) atoms. The maximum absolute atomic E-state index is 6.23. The van der Waals surface area contributed by atoms with Crippen LogP contribution in [0.5, 0.6) is 0 Å². The Morgan fingerprint density at radius 2 is 1.68 bits per heavy atom. The first-order chi connectivity index (χ1) is 8.99. The Kier molecular flexibility index (Phi) is 4.35. The molecule has 1 aromatic rings. The summed E-state index contributed by atoms with van der Waals surface area (Å²) in [6.45, 7) is 0. The van der Waals surface area contributed by atoms with E-state index in [4.69, 9.17) is 16.6 Å². The monoisotopic (exact) mass is 279 g/mol. The predicted molar refractivity (Wildman–Crippen MR) is 82.0 cm³/mol. The molecule has 1 fully saturated rings. The molecule has 0 unspecified atom stereocenters. The van der Waals surface area contributed by atoms with Gasteiger partial charge >= 0.3 is 0 Å². The summed E-state index contributed by atoms with van der Waals surface area (Å²) in [5.41, 5.74) is 1.27. The molecule has 2 rings (SSSR count). The summed E-state index contributed by atoms with van der Waals surface area (Å²) in [6, 6.07) is 8.56. The molecule has 0 saturated heterocycles. The number of halogens is 1. The van der Waals surface area contributed by atoms with Gasteiger partial charge in [0.25, 0.3) is 0 Å². The maximum atomic E-state index is 6.23. The Hall–Kier alpha value is -1.22. The Morgan fingerprint density at radius 3 is 2.21 bits per heavy atom. The van der Waals surface area contributed by atoms with Crippen molar-refractivity contribution in [3.63, 3.8) is 0 Å². The van der Waals surface area contributed by atoms with Crippen molar-refractivity contribution in [2.24, 2.45) is 4.99 Å². The predicted octanol–water partition coefficient (Wildman–Crippen LogP) is 3.07. The first-order valence-corrected chi connectivity index (χ1v) is 7.03. The van der Waals surface area contributed by atoms with E-state index in [1.54, 1.807) is 0 Å². The second-order valence-corrected chi connectivity index (χ2v) is 5.97. The fraction of sp³-hybridized carbons (Fsp3) is 0.533. The van der Waals surface area contributed by atoms with Gasteiger partial charge in [0.05, 0.1) is 6.04 Å². The van der Waals surface area contributed by atoms with Gasteiger partial charge < -0.3 is 9.80 Å². The van der Waals surface area contributed by atoms with Gasteiger partial charge in [0.1, 0.15) is 0 Å². The third kappa shape index (κ3) is 3.21. The third-order valence-electron chi connectivity index (χ3n) is 3.56. The van der Waals surface area contributed by atoms with Crippen LogP contribution in [0.15, 0.2) is 29.3 Å². The summed E-state index contributed by atoms with van der Waals surface area (Å²) in [5.74, 6) is 1.59. The van der Waals surface area contributed by atoms with Crippen molar-refractivity contribution in [1.82, 2.24) is 9.80 Å². The maximum Gasteiger partial charge on any atom is 0.195 e. The minimum absolute atomic E-state index is 0.418. The van der Waals surface area contributed by atoms with Crippen LogP contribution in [0.1, 0.15) is 24.3 Å². The zero-order valence-corrected chi connectivity index (χ0v) is 12.9. The van der Waals surface area contributed by atoms with Crippen LogP contribution in [-0.2, 0) is 0 Å². The van der Waals surface area contributed by atoms with Crippen LogP contribution in [0.2, 0.25) is 5.02 Å². The van der Waals surface area contributed by atoms with Crippen LogP contribution in [0, 0.1) is 0 Å². The van der Waals surface area contributed by atoms with E-state index in [1.165, 1.54) is 5.56 Å². The fourth-order valence-corrected chi connectivity index (χ4v) is 2.84. The molecule has 0 spiro atoms. The molecule has 0 radical (unpaired) electrons. The Morgan fingerprint density at radius 1 is 1.11 bits per heavy atom. The average Bonchev–Trinajstić information content (AvgIpc) is 2.28. The van der Waals surface area contributed by atoms with Crippen LogP contribution in [-0.4, -0.2) is 50.0 Å². The zero-order chi connectivity index (χ0) is 14.0. The molecule has 0 atom stereocenters. The topological polar surface area (TPSA) is 18.8 Å². The molecule has 104 valence electrons. The number of aliphatic imine (C=N–C) groups is 1. The van der Waals surface area contributed by atoms with Crippen molar-refractivity contribution in [3.8, 4) is 0 Å². The Balaban J connectivity index is 2.00. The van der Waals surface area contributed by atoms with Gasteiger partial charge in [-0.15, -0.1) is 0 Å². The molecule has 0 amide bonds. The summed E-state index contributed by atoms with van der Waals surface area (Å²) in [7, 11) is 8.12. The van der Waals surface area contributed by atoms with Crippen molar-refractivity contribution in [3.05, 3.63) is 34.9 Å². The molecule has 1 saturated carbocycles. The lowest BCUT2D eigenvalue weighted by Crippen LogP contribution is -2.38. The lowest BCUT2D eigenvalue weighted by atomic mass is 9.76. The van der Waals surface area contributed by atoms with Gasteiger partial charge in [-0.3, -0.25) is 0 Å². The van der Waals surface area contributed by atoms with Crippen LogP contribution in [0.3, 0.4) is 0 Å². The lowest BCUT2D eigenvalue weighted by Gasteiger charge is -2.35. The molecule has 0 heterocycles. The number of benzene rings is 1. The summed E-state index contributed by atoms with van der Waals surface area (Å²) in [6.07, 6.45) is 2.18. The molecule has 0 aliphatic heterocycles. The lowest BCUT2D eigenvalue weighted by molar-refractivity contribution is 0.342. The summed E-state index contributed by atoms with van der Waals surface area (Å²) < 4.78 is 0. The van der Waals surface area contributed by atoms with Gasteiger partial charge in [-0.1, -0.05) is 29.8 Å². The summed E-state index contributed by atoms with van der Waals surface area (Å²) >= 11 is 6.23. The van der Waals surface area contributed by atoms with E-state index >= 15 is 0 Å². The molecule has 3 nitrogen and oxygen atoms in total. The molecular formula is C15H22ClN3. The van der Waals surface area contributed by atoms with Crippen molar-refractivity contribution >= 4 is 17.6 Å². The fourth-order valence-electron chi connectivity index (χ4n) is 2.55. The molecule has 4 heteroatoms. The second-order valence-electron chi connectivity index (χ2n) is 5.56. The van der Waals surface area contributed by atoms with Crippen LogP contribution >= 0.6 is 11.6 Å². The standard InChI is InChI=1S/C15H22ClN3/c1-18(2)15(19(3)4)17-12-9-11(10-12)13-7-5-6-8-14(13)16/h5-8,11-12H,9-10H2,1-4H3. The summed E-state index contributed by atoms with van der Waals surface area (Å²) in [5, 5.41) is 0.885. The van der Waals surface area contributed by atoms with Crippen LogP contribution < -0.4 is 0 Å². The van der Waals surface area contributed by atoms with Gasteiger partial charge in [0, 0.05) is 33.2 Å². The molecular weight excluding hydrogens is 258 g/mol. The van der Waals surface area contributed by atoms with E-state index in [2.05, 4.69) is 21.9 Å². The van der Waals surface area contributed by atoms with E-state index in [1.807, 2.05) is 40.3 Å². The number of hydrogen-bond donors (Lipinski definition) is 0. The Labute approximate surface area is 120 Å². The van der Waals surface area contributed by atoms with Gasteiger partial charge in [-0.25, -0.2) is 4.99 Å². The van der Waals surface area contributed by atoms with Crippen LogP contribution in [0.25, 0.3) is 0 Å². The van der Waals surface area contributed by atoms with E-state index < -0.39 is 0 Å². The third-order valence-corrected chi connectivity index (χ3v) is 3.90. The highest BCUT2D eigenvalue weighted by atomic mass is 35.5. The number of nitrogens with zero attached hydrogens (tertiary/aromatic N) is 3. The number of rotatable bonds is 2. The molecule has 1 aromatic carbocycles. The average molecular weight is 280 g/mol. The highest BCUT2D eigenvalue weighted by molar-refractivity contribution is 6.31. The van der Waals surface area contributed by atoms with Crippen molar-refractivity contribution in [2.75, 3.05) is 28.2 Å². The minimum Gasteiger partial charge on any atom is -0.349 e. The first-order valence-electron chi connectivity index (χ1n) is 6.66. The minimum atomic E-state index is 0.418. The smallest absolute Gasteiger partial charge is 0.195 e. The Bertz CT molecular complexity index is 452. The number of guanidine groups is 1. The quantitative estimate of drug-likeness (QED) is 0.612. The molecule has 0 aromatic heterocycles. The SMILES string of the molecule is CN(C)C(=NC1CC(c2ccccc2Cl)C1)N(C)C. The molecule has 0 N–H and O–H groups in total. The molecule has 0 bridgehead atoms. The van der Waals surface area contributed by atoms with Crippen LogP contribution in [0.4, 0.5) is 0 Å². The summed E-state index contributed by atoms with van der Waals surface area (Å²) in [4.78, 5) is 8.93. The van der Waals surface area contributed by atoms with E-state index in [-0.39, 0.29) is 0 Å².